The number of aromatic amines is 2. The molecule has 7 rings (SSSR count). The molecule has 272 valence electrons. The number of hydrogen-bond donors (Lipinski definition) is 4. The second kappa shape index (κ2) is 14.4. The fourth-order valence-electron chi connectivity index (χ4n) is 7.45. The molecule has 0 aliphatic carbocycles. The molecule has 0 saturated carbocycles. The maximum absolute atomic E-state index is 13.6. The van der Waals surface area contributed by atoms with Gasteiger partial charge in [-0.05, 0) is 67.2 Å². The molecular formula is C39H47N9O4. The lowest BCUT2D eigenvalue weighted by molar-refractivity contribution is -0.136. The second-order valence-electron chi connectivity index (χ2n) is 14.7. The Bertz CT molecular complexity index is 2120. The smallest absolute Gasteiger partial charge is 0.407 e. The minimum absolute atomic E-state index is 0.0197. The van der Waals surface area contributed by atoms with Crippen molar-refractivity contribution in [2.75, 3.05) is 20.2 Å². The average molecular weight is 706 g/mol. The zero-order valence-corrected chi connectivity index (χ0v) is 30.3. The fraction of sp³-hybridized carbons (Fsp3) is 0.436. The van der Waals surface area contributed by atoms with Crippen LogP contribution in [0.5, 0.6) is 0 Å². The molecule has 52 heavy (non-hydrogen) atoms. The molecule has 2 saturated heterocycles. The molecule has 0 radical (unpaired) electrons. The van der Waals surface area contributed by atoms with Gasteiger partial charge in [0, 0.05) is 35.8 Å². The maximum atomic E-state index is 13.6. The number of hydrogen-bond acceptors (Lipinski definition) is 8. The highest BCUT2D eigenvalue weighted by molar-refractivity contribution is 5.90. The van der Waals surface area contributed by atoms with Crippen LogP contribution in [-0.4, -0.2) is 84.9 Å². The number of methoxy groups -OCH3 is 1. The van der Waals surface area contributed by atoms with Crippen molar-refractivity contribution in [1.29, 1.82) is 0 Å². The van der Waals surface area contributed by atoms with E-state index >= 15 is 0 Å². The van der Waals surface area contributed by atoms with Crippen LogP contribution in [0.1, 0.15) is 77.1 Å². The number of nitrogens with zero attached hydrogens (tertiary/aromatic N) is 5. The number of carbonyl (C=O) groups is 3. The number of amides is 3. The molecule has 13 heteroatoms. The average Bonchev–Trinajstić information content (AvgIpc) is 3.97. The van der Waals surface area contributed by atoms with Crippen LogP contribution in [0.4, 0.5) is 4.79 Å². The first-order chi connectivity index (χ1) is 25.0. The van der Waals surface area contributed by atoms with E-state index in [0.717, 1.165) is 81.7 Å². The van der Waals surface area contributed by atoms with Crippen LogP contribution in [-0.2, 0) is 14.3 Å². The number of pyridine rings is 1. The third-order valence-electron chi connectivity index (χ3n) is 10.5. The Morgan fingerprint density at radius 2 is 1.54 bits per heavy atom. The molecule has 2 aliphatic heterocycles. The van der Waals surface area contributed by atoms with Gasteiger partial charge in [0.05, 0.1) is 53.9 Å². The lowest BCUT2D eigenvalue weighted by Gasteiger charge is -2.29. The van der Waals surface area contributed by atoms with E-state index in [2.05, 4.69) is 44.5 Å². The molecule has 3 amide bonds. The van der Waals surface area contributed by atoms with Crippen molar-refractivity contribution in [2.24, 2.45) is 17.6 Å². The number of imidazole rings is 2. The first kappa shape index (κ1) is 35.1. The largest absolute Gasteiger partial charge is 0.453 e. The molecule has 13 nitrogen and oxygen atoms in total. The summed E-state index contributed by atoms with van der Waals surface area (Å²) in [5.74, 6) is 1.32. The molecular weight excluding hydrogens is 658 g/mol. The molecule has 2 fully saturated rings. The summed E-state index contributed by atoms with van der Waals surface area (Å²) in [6.45, 7) is 9.03. The van der Waals surface area contributed by atoms with E-state index in [1.165, 1.54) is 7.11 Å². The van der Waals surface area contributed by atoms with E-state index in [-0.39, 0.29) is 35.7 Å². The van der Waals surface area contributed by atoms with E-state index in [1.54, 1.807) is 0 Å². The van der Waals surface area contributed by atoms with Gasteiger partial charge in [-0.2, -0.15) is 0 Å². The predicted molar refractivity (Wildman–Crippen MR) is 199 cm³/mol. The monoisotopic (exact) mass is 705 g/mol. The number of ether oxygens (including phenoxy) is 1. The molecule has 0 unspecified atom stereocenters. The van der Waals surface area contributed by atoms with E-state index in [9.17, 15) is 14.4 Å². The summed E-state index contributed by atoms with van der Waals surface area (Å²) in [5.41, 5.74) is 11.5. The van der Waals surface area contributed by atoms with E-state index in [0.29, 0.717) is 13.1 Å². The van der Waals surface area contributed by atoms with Crippen molar-refractivity contribution in [1.82, 2.24) is 40.0 Å². The van der Waals surface area contributed by atoms with Gasteiger partial charge < -0.3 is 35.6 Å². The Hall–Kier alpha value is -5.30. The Morgan fingerprint density at radius 1 is 0.827 bits per heavy atom. The summed E-state index contributed by atoms with van der Waals surface area (Å²) in [6, 6.07) is 12.8. The molecule has 0 spiro atoms. The third kappa shape index (κ3) is 6.72. The van der Waals surface area contributed by atoms with Crippen LogP contribution >= 0.6 is 0 Å². The minimum atomic E-state index is -0.690. The molecule has 3 aromatic heterocycles. The van der Waals surface area contributed by atoms with E-state index < -0.39 is 18.2 Å². The van der Waals surface area contributed by atoms with Gasteiger partial charge >= 0.3 is 6.09 Å². The second-order valence-corrected chi connectivity index (χ2v) is 14.7. The first-order valence-corrected chi connectivity index (χ1v) is 18.2. The van der Waals surface area contributed by atoms with Gasteiger partial charge in [0.15, 0.2) is 0 Å². The number of rotatable bonds is 9. The molecule has 5 heterocycles. The number of carbonyl (C=O) groups excluding carboxylic acids is 3. The van der Waals surface area contributed by atoms with Crippen molar-refractivity contribution in [3.63, 3.8) is 0 Å². The summed E-state index contributed by atoms with van der Waals surface area (Å²) < 4.78 is 4.77. The summed E-state index contributed by atoms with van der Waals surface area (Å²) in [4.78, 5) is 63.7. The van der Waals surface area contributed by atoms with Gasteiger partial charge in [-0.25, -0.2) is 14.8 Å². The van der Waals surface area contributed by atoms with E-state index in [1.807, 2.05) is 68.1 Å². The Kier molecular flexibility index (Phi) is 9.71. The van der Waals surface area contributed by atoms with Gasteiger partial charge in [0.2, 0.25) is 11.8 Å². The van der Waals surface area contributed by atoms with E-state index in [4.69, 9.17) is 20.4 Å². The van der Waals surface area contributed by atoms with Crippen molar-refractivity contribution in [3.05, 3.63) is 66.5 Å². The summed E-state index contributed by atoms with van der Waals surface area (Å²) in [5, 5.41) is 4.75. The molecule has 4 atom stereocenters. The number of likely N-dealkylation sites (tertiary alicyclic amines) is 2. The number of aromatic nitrogens is 5. The number of nitrogens with two attached hydrogens (primary N) is 1. The molecule has 2 aromatic carbocycles. The Morgan fingerprint density at radius 3 is 2.25 bits per heavy atom. The van der Waals surface area contributed by atoms with Crippen molar-refractivity contribution in [3.8, 4) is 22.5 Å². The SMILES string of the molecule is COC(=O)N[C@H](C(=O)N1CCC[C@H]1c1nc2ccc(-c3cc4ccc(-c5cnc([C@@H]6CCCN6C(=O)[C@@H](N)C(C)C)[nH]5)cc4cn3)cc2[nH]1)C(C)C. The van der Waals surface area contributed by atoms with Gasteiger partial charge in [-0.3, -0.25) is 14.6 Å². The highest BCUT2D eigenvalue weighted by atomic mass is 16.5. The standard InChI is InChI=1S/C39H47N9O4/c1-21(2)33(40)37(49)47-14-6-8-31(47)35-42-20-30(45-35)24-11-10-23-17-28(41-19-26(23)16-24)25-12-13-27-29(18-25)44-36(43-27)32-9-7-15-48(32)38(50)34(22(3)4)46-39(51)52-5/h10-13,16-22,31-34H,6-9,14-15,40H2,1-5H3,(H,42,45)(H,43,44)(H,46,51)/t31-,32-,33-,34-/m0/s1. The normalized spacial score (nSPS) is 18.8. The highest BCUT2D eigenvalue weighted by Gasteiger charge is 2.38. The number of benzene rings is 2. The molecule has 5 aromatic rings. The van der Waals surface area contributed by atoms with Crippen molar-refractivity contribution in [2.45, 2.75) is 77.5 Å². The zero-order chi connectivity index (χ0) is 36.7. The third-order valence-corrected chi connectivity index (χ3v) is 10.5. The van der Waals surface area contributed by atoms with Gasteiger partial charge in [-0.15, -0.1) is 0 Å². The van der Waals surface area contributed by atoms with Crippen LogP contribution in [0.25, 0.3) is 44.3 Å². The molecule has 2 aliphatic rings. The fourth-order valence-corrected chi connectivity index (χ4v) is 7.45. The van der Waals surface area contributed by atoms with Gasteiger partial charge in [0.25, 0.3) is 0 Å². The zero-order valence-electron chi connectivity index (χ0n) is 30.3. The number of H-pyrrole nitrogens is 2. The van der Waals surface area contributed by atoms with Gasteiger partial charge in [-0.1, -0.05) is 45.9 Å². The van der Waals surface area contributed by atoms with Gasteiger partial charge in [0.1, 0.15) is 17.7 Å². The quantitative estimate of drug-likeness (QED) is 0.148. The van der Waals surface area contributed by atoms with Crippen LogP contribution in [0, 0.1) is 11.8 Å². The lowest BCUT2D eigenvalue weighted by Crippen LogP contribution is -2.51. The maximum Gasteiger partial charge on any atom is 0.407 e. The Labute approximate surface area is 302 Å². The lowest BCUT2D eigenvalue weighted by atomic mass is 10.0. The number of fused-ring (bicyclic) bond motifs is 2. The summed E-state index contributed by atoms with van der Waals surface area (Å²) >= 11 is 0. The van der Waals surface area contributed by atoms with Crippen molar-refractivity contribution >= 4 is 39.7 Å². The Balaban J connectivity index is 1.09. The summed E-state index contributed by atoms with van der Waals surface area (Å²) in [6.07, 6.45) is 6.50. The van der Waals surface area contributed by atoms with Crippen LogP contribution < -0.4 is 11.1 Å². The molecule has 5 N–H and O–H groups in total. The summed E-state index contributed by atoms with van der Waals surface area (Å²) in [7, 11) is 1.29. The number of nitrogens with one attached hydrogen (secondary N) is 3. The van der Waals surface area contributed by atoms with Crippen LogP contribution in [0.3, 0.4) is 0 Å². The predicted octanol–water partition coefficient (Wildman–Crippen LogP) is 5.86. The van der Waals surface area contributed by atoms with Crippen LogP contribution in [0.2, 0.25) is 0 Å². The van der Waals surface area contributed by atoms with Crippen molar-refractivity contribution < 1.29 is 19.1 Å². The molecule has 0 bridgehead atoms. The highest BCUT2D eigenvalue weighted by Crippen LogP contribution is 2.35. The topological polar surface area (TPSA) is 175 Å². The first-order valence-electron chi connectivity index (χ1n) is 18.2. The minimum Gasteiger partial charge on any atom is -0.453 e. The number of alkyl carbamates (subject to hydrolysis) is 1. The van der Waals surface area contributed by atoms with Crippen LogP contribution in [0.15, 0.2) is 54.9 Å².